The van der Waals surface area contributed by atoms with E-state index in [1.807, 2.05) is 6.92 Å². The van der Waals surface area contributed by atoms with Crippen molar-refractivity contribution >= 4 is 34.8 Å². The highest BCUT2D eigenvalue weighted by atomic mass is 32.1. The van der Waals surface area contributed by atoms with Crippen molar-refractivity contribution in [2.24, 2.45) is 0 Å². The molecule has 6 nitrogen and oxygen atoms in total. The highest BCUT2D eigenvalue weighted by Gasteiger charge is 2.11. The van der Waals surface area contributed by atoms with Gasteiger partial charge in [-0.3, -0.25) is 14.9 Å². The number of nitrogens with one attached hydrogen (secondary N) is 3. The van der Waals surface area contributed by atoms with Gasteiger partial charge in [0.15, 0.2) is 10.9 Å². The number of carbonyl (C=O) groups excluding carboxylic acids is 2. The van der Waals surface area contributed by atoms with Gasteiger partial charge < -0.3 is 15.1 Å². The Bertz CT molecular complexity index is 698. The fourth-order valence-corrected chi connectivity index (χ4v) is 2.02. The van der Waals surface area contributed by atoms with Crippen LogP contribution in [0.25, 0.3) is 0 Å². The first kappa shape index (κ1) is 16.7. The van der Waals surface area contributed by atoms with E-state index in [1.165, 1.54) is 12.3 Å². The van der Waals surface area contributed by atoms with Gasteiger partial charge in [0.2, 0.25) is 0 Å². The lowest BCUT2D eigenvalue weighted by molar-refractivity contribution is 0.0944. The zero-order chi connectivity index (χ0) is 16.7. The molecule has 0 aliphatic heterocycles. The minimum Gasteiger partial charge on any atom is -0.459 e. The van der Waals surface area contributed by atoms with Crippen LogP contribution in [0.4, 0.5) is 5.69 Å². The molecule has 1 heterocycles. The molecule has 0 aliphatic rings. The Labute approximate surface area is 139 Å². The van der Waals surface area contributed by atoms with Crippen molar-refractivity contribution in [1.29, 1.82) is 0 Å². The van der Waals surface area contributed by atoms with E-state index in [1.54, 1.807) is 30.3 Å². The third-order valence-corrected chi connectivity index (χ3v) is 3.09. The fraction of sp³-hybridized carbons (Fsp3) is 0.188. The maximum absolute atomic E-state index is 11.9. The number of furan rings is 1. The van der Waals surface area contributed by atoms with Crippen molar-refractivity contribution in [1.82, 2.24) is 10.6 Å². The second-order valence-electron chi connectivity index (χ2n) is 4.72. The molecule has 0 atom stereocenters. The molecule has 0 unspecified atom stereocenters. The van der Waals surface area contributed by atoms with E-state index < -0.39 is 5.91 Å². The highest BCUT2D eigenvalue weighted by molar-refractivity contribution is 7.80. The number of benzene rings is 1. The molecule has 1 aromatic carbocycles. The number of carbonyl (C=O) groups is 2. The van der Waals surface area contributed by atoms with Crippen molar-refractivity contribution in [2.75, 3.05) is 11.9 Å². The summed E-state index contributed by atoms with van der Waals surface area (Å²) in [5.41, 5.74) is 1.13. The molecule has 7 heteroatoms. The van der Waals surface area contributed by atoms with Gasteiger partial charge in [-0.05, 0) is 49.0 Å². The average Bonchev–Trinajstić information content (AvgIpc) is 3.07. The molecule has 120 valence electrons. The van der Waals surface area contributed by atoms with Crippen molar-refractivity contribution in [3.8, 4) is 0 Å². The standard InChI is InChI=1S/C16H17N3O3S/c1-2-8-17-14(20)11-5-3-6-12(10-11)18-16(23)19-15(21)13-7-4-9-22-13/h3-7,9-10H,2,8H2,1H3,(H,17,20)(H2,18,19,21,23). The molecule has 0 saturated heterocycles. The van der Waals surface area contributed by atoms with Gasteiger partial charge in [-0.25, -0.2) is 0 Å². The van der Waals surface area contributed by atoms with Crippen LogP contribution in [0.1, 0.15) is 34.3 Å². The summed E-state index contributed by atoms with van der Waals surface area (Å²) in [5.74, 6) is -0.424. The minimum absolute atomic E-state index is 0.123. The van der Waals surface area contributed by atoms with Crippen LogP contribution in [-0.4, -0.2) is 23.5 Å². The summed E-state index contributed by atoms with van der Waals surface area (Å²) in [5, 5.41) is 8.29. The third-order valence-electron chi connectivity index (χ3n) is 2.89. The molecule has 0 radical (unpaired) electrons. The lowest BCUT2D eigenvalue weighted by atomic mass is 10.2. The van der Waals surface area contributed by atoms with Crippen LogP contribution in [0.15, 0.2) is 47.1 Å². The Morgan fingerprint density at radius 1 is 1.17 bits per heavy atom. The SMILES string of the molecule is CCCNC(=O)c1cccc(NC(=S)NC(=O)c2ccco2)c1. The Morgan fingerprint density at radius 3 is 2.70 bits per heavy atom. The van der Waals surface area contributed by atoms with E-state index in [0.29, 0.717) is 17.8 Å². The summed E-state index contributed by atoms with van der Waals surface area (Å²) in [6.07, 6.45) is 2.27. The highest BCUT2D eigenvalue weighted by Crippen LogP contribution is 2.11. The molecule has 0 aliphatic carbocycles. The summed E-state index contributed by atoms with van der Waals surface area (Å²) < 4.78 is 4.98. The van der Waals surface area contributed by atoms with Gasteiger partial charge in [-0.1, -0.05) is 13.0 Å². The summed E-state index contributed by atoms with van der Waals surface area (Å²) >= 11 is 5.08. The van der Waals surface area contributed by atoms with Crippen LogP contribution in [0.5, 0.6) is 0 Å². The fourth-order valence-electron chi connectivity index (χ4n) is 1.81. The molecular weight excluding hydrogens is 314 g/mol. The maximum Gasteiger partial charge on any atom is 0.293 e. The number of hydrogen-bond acceptors (Lipinski definition) is 4. The van der Waals surface area contributed by atoms with E-state index in [4.69, 9.17) is 16.6 Å². The van der Waals surface area contributed by atoms with E-state index in [0.717, 1.165) is 6.42 Å². The van der Waals surface area contributed by atoms with Gasteiger partial charge in [0.05, 0.1) is 6.26 Å². The van der Waals surface area contributed by atoms with Gasteiger partial charge in [0, 0.05) is 17.8 Å². The molecular formula is C16H17N3O3S. The average molecular weight is 331 g/mol. The Balaban J connectivity index is 1.95. The van der Waals surface area contributed by atoms with Crippen molar-refractivity contribution in [3.05, 3.63) is 54.0 Å². The smallest absolute Gasteiger partial charge is 0.293 e. The molecule has 1 aromatic heterocycles. The second-order valence-corrected chi connectivity index (χ2v) is 5.13. The second kappa shape index (κ2) is 8.09. The summed E-state index contributed by atoms with van der Waals surface area (Å²) in [6, 6.07) is 10.0. The van der Waals surface area contributed by atoms with Crippen molar-refractivity contribution < 1.29 is 14.0 Å². The molecule has 0 saturated carbocycles. The van der Waals surface area contributed by atoms with Gasteiger partial charge in [0.25, 0.3) is 11.8 Å². The Hall–Kier alpha value is -2.67. The zero-order valence-corrected chi connectivity index (χ0v) is 13.4. The van der Waals surface area contributed by atoms with Gasteiger partial charge in [0.1, 0.15) is 0 Å². The lowest BCUT2D eigenvalue weighted by Gasteiger charge is -2.10. The molecule has 0 fully saturated rings. The predicted molar refractivity (Wildman–Crippen MR) is 91.5 cm³/mol. The van der Waals surface area contributed by atoms with E-state index in [9.17, 15) is 9.59 Å². The van der Waals surface area contributed by atoms with E-state index >= 15 is 0 Å². The topological polar surface area (TPSA) is 83.4 Å². The normalized spacial score (nSPS) is 9.96. The van der Waals surface area contributed by atoms with Gasteiger partial charge in [-0.2, -0.15) is 0 Å². The van der Waals surface area contributed by atoms with Gasteiger partial charge >= 0.3 is 0 Å². The monoisotopic (exact) mass is 331 g/mol. The minimum atomic E-state index is -0.440. The van der Waals surface area contributed by atoms with Crippen LogP contribution in [0, 0.1) is 0 Å². The molecule has 2 amide bonds. The van der Waals surface area contributed by atoms with Crippen molar-refractivity contribution in [2.45, 2.75) is 13.3 Å². The predicted octanol–water partition coefficient (Wildman–Crippen LogP) is 2.55. The van der Waals surface area contributed by atoms with E-state index in [-0.39, 0.29) is 16.8 Å². The molecule has 0 bridgehead atoms. The number of hydrogen-bond donors (Lipinski definition) is 3. The third kappa shape index (κ3) is 4.93. The maximum atomic E-state index is 11.9. The Kier molecular flexibility index (Phi) is 5.87. The molecule has 0 spiro atoms. The van der Waals surface area contributed by atoms with Crippen LogP contribution < -0.4 is 16.0 Å². The quantitative estimate of drug-likeness (QED) is 0.733. The number of amides is 2. The summed E-state index contributed by atoms with van der Waals surface area (Å²) in [6.45, 7) is 2.60. The van der Waals surface area contributed by atoms with Crippen LogP contribution >= 0.6 is 12.2 Å². The first-order valence-electron chi connectivity index (χ1n) is 7.14. The van der Waals surface area contributed by atoms with Gasteiger partial charge in [-0.15, -0.1) is 0 Å². The first-order valence-corrected chi connectivity index (χ1v) is 7.55. The molecule has 23 heavy (non-hydrogen) atoms. The number of anilines is 1. The molecule has 2 rings (SSSR count). The largest absolute Gasteiger partial charge is 0.459 e. The number of thiocarbonyl (C=S) groups is 1. The zero-order valence-electron chi connectivity index (χ0n) is 12.6. The molecule has 3 N–H and O–H groups in total. The summed E-state index contributed by atoms with van der Waals surface area (Å²) in [7, 11) is 0. The van der Waals surface area contributed by atoms with E-state index in [2.05, 4.69) is 16.0 Å². The number of rotatable bonds is 5. The van der Waals surface area contributed by atoms with Crippen molar-refractivity contribution in [3.63, 3.8) is 0 Å². The first-order chi connectivity index (χ1) is 11.1. The Morgan fingerprint density at radius 2 is 2.00 bits per heavy atom. The lowest BCUT2D eigenvalue weighted by Crippen LogP contribution is -2.34. The van der Waals surface area contributed by atoms with Crippen LogP contribution in [0.2, 0.25) is 0 Å². The van der Waals surface area contributed by atoms with Crippen LogP contribution in [-0.2, 0) is 0 Å². The molecule has 2 aromatic rings. The summed E-state index contributed by atoms with van der Waals surface area (Å²) in [4.78, 5) is 23.7. The van der Waals surface area contributed by atoms with Crippen LogP contribution in [0.3, 0.4) is 0 Å².